The zero-order valence-electron chi connectivity index (χ0n) is 5.96. The molecule has 0 amide bonds. The lowest BCUT2D eigenvalue weighted by molar-refractivity contribution is -0.852. The van der Waals surface area contributed by atoms with Crippen LogP contribution in [0.15, 0.2) is 0 Å². The summed E-state index contributed by atoms with van der Waals surface area (Å²) < 4.78 is 0. The molecule has 0 aromatic carbocycles. The zero-order valence-corrected chi connectivity index (χ0v) is 5.96. The lowest BCUT2D eigenvalue weighted by Crippen LogP contribution is -2.05. The minimum absolute atomic E-state index is 0.316. The molecule has 83 valence electrons. The molecule has 13 nitrogen and oxygen atoms in total. The van der Waals surface area contributed by atoms with Gasteiger partial charge in [-0.2, -0.15) is 0 Å². The third-order valence-electron chi connectivity index (χ3n) is 0.346. The predicted octanol–water partition coefficient (Wildman–Crippen LogP) is -1.12. The van der Waals surface area contributed by atoms with Gasteiger partial charge in [0, 0.05) is 0 Å². The molecule has 0 unspecified atom stereocenters. The molecule has 2 N–H and O–H groups in total. The van der Waals surface area contributed by atoms with Crippen LogP contribution in [0.4, 0.5) is 0 Å². The van der Waals surface area contributed by atoms with Crippen molar-refractivity contribution >= 4 is 7.69 Å². The van der Waals surface area contributed by atoms with E-state index in [-0.39, 0.29) is 0 Å². The van der Waals surface area contributed by atoms with E-state index in [0.29, 0.717) is 7.69 Å². The largest absolute Gasteiger partial charge is 0.562 e. The van der Waals surface area contributed by atoms with Crippen LogP contribution >= 0.6 is 0 Å². The smallest absolute Gasteiger partial charge is 0.266 e. The topological polar surface area (TPSA) is 142 Å². The fourth-order valence-corrected chi connectivity index (χ4v) is 0.130. The summed E-state index contributed by atoms with van der Waals surface area (Å²) in [6, 6.07) is 0. The lowest BCUT2D eigenvalue weighted by atomic mass is 10.4. The number of hydrogen-bond acceptors (Lipinski definition) is 13. The van der Waals surface area contributed by atoms with Crippen LogP contribution in [0.25, 0.3) is 0 Å². The first-order chi connectivity index (χ1) is 6.91. The summed E-state index contributed by atoms with van der Waals surface area (Å²) in [6.45, 7) is 0. The quantitative estimate of drug-likeness (QED) is 0.188. The summed E-state index contributed by atoms with van der Waals surface area (Å²) in [4.78, 5) is 6.93. The molecular formula is H2BO13. The van der Waals surface area contributed by atoms with Crippen LogP contribution in [0.2, 0.25) is 0 Å². The van der Waals surface area contributed by atoms with Gasteiger partial charge in [-0.1, -0.05) is 0 Å². The van der Waals surface area contributed by atoms with Crippen molar-refractivity contribution < 1.29 is 65.5 Å². The van der Waals surface area contributed by atoms with E-state index < -0.39 is 0 Å². The Morgan fingerprint density at radius 1 is 0.643 bits per heavy atom. The van der Waals surface area contributed by atoms with Gasteiger partial charge < -0.3 is 0 Å². The molecule has 0 aliphatic carbocycles. The molecule has 0 spiro atoms. The summed E-state index contributed by atoms with van der Waals surface area (Å²) in [5.74, 6) is 0. The van der Waals surface area contributed by atoms with E-state index in [1.54, 1.807) is 0 Å². The molecule has 0 aromatic rings. The first-order valence-electron chi connectivity index (χ1n) is 2.34. The molecule has 0 aromatic heterocycles. The Hall–Kier alpha value is -0.455. The SMILES string of the molecule is OO[B]OOOOOOOOOOO. The first kappa shape index (κ1) is 13.5. The minimum atomic E-state index is 0.316. The average molecular weight is 221 g/mol. The van der Waals surface area contributed by atoms with Gasteiger partial charge in [0.15, 0.2) is 0 Å². The van der Waals surface area contributed by atoms with Crippen molar-refractivity contribution in [2.45, 2.75) is 0 Å². The molecule has 14 heavy (non-hydrogen) atoms. The van der Waals surface area contributed by atoms with E-state index in [0.717, 1.165) is 0 Å². The van der Waals surface area contributed by atoms with E-state index in [1.807, 2.05) is 0 Å². The molecule has 14 heteroatoms. The summed E-state index contributed by atoms with van der Waals surface area (Å²) >= 11 is 0. The number of hydrogen-bond donors (Lipinski definition) is 2. The van der Waals surface area contributed by atoms with Crippen molar-refractivity contribution in [3.8, 4) is 0 Å². The molecule has 0 rings (SSSR count). The van der Waals surface area contributed by atoms with E-state index in [4.69, 9.17) is 10.5 Å². The summed E-state index contributed by atoms with van der Waals surface area (Å²) in [6.07, 6.45) is 0. The molecular weight excluding hydrogens is 219 g/mol. The van der Waals surface area contributed by atoms with Crippen LogP contribution in [0.5, 0.6) is 0 Å². The van der Waals surface area contributed by atoms with Crippen LogP contribution in [0.3, 0.4) is 0 Å². The highest BCUT2D eigenvalue weighted by molar-refractivity contribution is 6.16. The van der Waals surface area contributed by atoms with Gasteiger partial charge in [-0.25, -0.2) is 10.1 Å². The van der Waals surface area contributed by atoms with Crippen LogP contribution in [-0.2, 0) is 55.0 Å². The van der Waals surface area contributed by atoms with Crippen molar-refractivity contribution in [2.24, 2.45) is 0 Å². The molecule has 0 fully saturated rings. The molecule has 0 saturated heterocycles. The second-order valence-corrected chi connectivity index (χ2v) is 0.917. The van der Waals surface area contributed by atoms with Gasteiger partial charge in [-0.15, -0.1) is 0 Å². The van der Waals surface area contributed by atoms with Gasteiger partial charge in [-0.3, -0.25) is 10.1 Å². The standard InChI is InChI=1S/BH2O13/c2-4-1-5-7-9-11-13-14-12-10-8-6-3/h2-3H. The first-order valence-corrected chi connectivity index (χ1v) is 2.34. The monoisotopic (exact) mass is 221 g/mol. The lowest BCUT2D eigenvalue weighted by Gasteiger charge is -1.97. The molecule has 0 heterocycles. The molecule has 0 aliphatic heterocycles. The summed E-state index contributed by atoms with van der Waals surface area (Å²) in [5.41, 5.74) is 0. The Labute approximate surface area is 74.5 Å². The van der Waals surface area contributed by atoms with Crippen molar-refractivity contribution in [2.75, 3.05) is 0 Å². The molecule has 1 radical (unpaired) electrons. The Morgan fingerprint density at radius 2 is 1.14 bits per heavy atom. The third-order valence-corrected chi connectivity index (χ3v) is 0.346. The summed E-state index contributed by atoms with van der Waals surface area (Å²) in [5, 5.41) is 45.3. The Kier molecular flexibility index (Phi) is 12.1. The highest BCUT2D eigenvalue weighted by Crippen LogP contribution is 1.89. The minimum Gasteiger partial charge on any atom is -0.266 e. The molecule has 0 bridgehead atoms. The van der Waals surface area contributed by atoms with Gasteiger partial charge in [0.2, 0.25) is 0 Å². The van der Waals surface area contributed by atoms with Gasteiger partial charge in [0.05, 0.1) is 0 Å². The van der Waals surface area contributed by atoms with Crippen molar-refractivity contribution in [3.63, 3.8) is 0 Å². The van der Waals surface area contributed by atoms with Crippen LogP contribution in [0.1, 0.15) is 0 Å². The van der Waals surface area contributed by atoms with Gasteiger partial charge in [0.25, 0.3) is 0 Å². The van der Waals surface area contributed by atoms with Gasteiger partial charge >= 0.3 is 7.69 Å². The van der Waals surface area contributed by atoms with Crippen molar-refractivity contribution in [1.82, 2.24) is 0 Å². The molecule has 0 saturated carbocycles. The average Bonchev–Trinajstić information content (AvgIpc) is 2.21. The normalized spacial score (nSPS) is 10.4. The van der Waals surface area contributed by atoms with Crippen LogP contribution in [-0.4, -0.2) is 18.2 Å². The Morgan fingerprint density at radius 3 is 1.64 bits per heavy atom. The van der Waals surface area contributed by atoms with E-state index in [1.165, 1.54) is 0 Å². The second kappa shape index (κ2) is 12.5. The fraction of sp³-hybridized carbons (Fsp3) is 0. The molecule has 0 atom stereocenters. The van der Waals surface area contributed by atoms with E-state index in [9.17, 15) is 0 Å². The van der Waals surface area contributed by atoms with Gasteiger partial charge in [0.1, 0.15) is 0 Å². The molecule has 0 aliphatic rings. The van der Waals surface area contributed by atoms with Crippen LogP contribution in [0, 0.1) is 0 Å². The van der Waals surface area contributed by atoms with E-state index in [2.05, 4.69) is 55.0 Å². The summed E-state index contributed by atoms with van der Waals surface area (Å²) in [7, 11) is 0.316. The Balaban J connectivity index is 2.78. The maximum absolute atomic E-state index is 7.59. The highest BCUT2D eigenvalue weighted by Gasteiger charge is 1.97. The maximum Gasteiger partial charge on any atom is 0.562 e. The maximum atomic E-state index is 7.59. The predicted molar refractivity (Wildman–Crippen MR) is 22.9 cm³/mol. The Bertz CT molecular complexity index is 79.2. The van der Waals surface area contributed by atoms with Crippen molar-refractivity contribution in [3.05, 3.63) is 0 Å². The van der Waals surface area contributed by atoms with Crippen LogP contribution < -0.4 is 0 Å². The highest BCUT2D eigenvalue weighted by atomic mass is 17.9. The van der Waals surface area contributed by atoms with Gasteiger partial charge in [-0.05, 0) is 45.3 Å². The van der Waals surface area contributed by atoms with E-state index >= 15 is 0 Å². The number of rotatable bonds is 11. The fourth-order valence-electron chi connectivity index (χ4n) is 0.130. The third kappa shape index (κ3) is 11.5. The van der Waals surface area contributed by atoms with Crippen molar-refractivity contribution in [1.29, 1.82) is 0 Å². The second-order valence-electron chi connectivity index (χ2n) is 0.917. The zero-order chi connectivity index (χ0) is 10.5.